The van der Waals surface area contributed by atoms with Crippen LogP contribution < -0.4 is 15.5 Å². The monoisotopic (exact) mass is 449 g/mol. The van der Waals surface area contributed by atoms with Crippen LogP contribution in [0.2, 0.25) is 5.02 Å². The maximum Gasteiger partial charge on any atom is 0.240 e. The van der Waals surface area contributed by atoms with Crippen molar-refractivity contribution in [1.82, 2.24) is 14.9 Å². The van der Waals surface area contributed by atoms with Gasteiger partial charge in [0.15, 0.2) is 5.75 Å². The number of amides is 1. The quantitative estimate of drug-likeness (QED) is 0.528. The van der Waals surface area contributed by atoms with E-state index in [0.29, 0.717) is 17.3 Å². The maximum absolute atomic E-state index is 12.5. The fourth-order valence-electron chi connectivity index (χ4n) is 2.60. The number of benzene rings is 1. The third kappa shape index (κ3) is 5.85. The van der Waals surface area contributed by atoms with E-state index in [4.69, 9.17) is 16.3 Å². The summed E-state index contributed by atoms with van der Waals surface area (Å²) in [7, 11) is 1.44. The highest BCUT2D eigenvalue weighted by molar-refractivity contribution is 8.00. The Labute approximate surface area is 181 Å². The first-order valence-electron chi connectivity index (χ1n) is 8.78. The maximum atomic E-state index is 12.5. The molecule has 0 bridgehead atoms. The summed E-state index contributed by atoms with van der Waals surface area (Å²) in [4.78, 5) is 29.1. The van der Waals surface area contributed by atoms with Crippen molar-refractivity contribution < 1.29 is 9.53 Å². The summed E-state index contributed by atoms with van der Waals surface area (Å²) in [6, 6.07) is 8.87. The molecule has 29 heavy (non-hydrogen) atoms. The number of rotatable bonds is 8. The lowest BCUT2D eigenvalue weighted by atomic mass is 10.2. The molecular weight excluding hydrogens is 430 g/mol. The van der Waals surface area contributed by atoms with Crippen molar-refractivity contribution in [2.24, 2.45) is 0 Å². The van der Waals surface area contributed by atoms with Crippen LogP contribution >= 0.6 is 34.7 Å². The molecule has 0 radical (unpaired) electrons. The van der Waals surface area contributed by atoms with Crippen LogP contribution in [0.1, 0.15) is 17.0 Å². The minimum Gasteiger partial charge on any atom is -0.491 e. The fourth-order valence-corrected chi connectivity index (χ4v) is 4.64. The van der Waals surface area contributed by atoms with E-state index >= 15 is 0 Å². The molecule has 0 aliphatic rings. The Morgan fingerprint density at radius 3 is 2.86 bits per heavy atom. The van der Waals surface area contributed by atoms with Crippen LogP contribution in [0.3, 0.4) is 0 Å². The molecule has 1 N–H and O–H groups in total. The van der Waals surface area contributed by atoms with Crippen molar-refractivity contribution in [3.05, 3.63) is 74.1 Å². The first-order chi connectivity index (χ1) is 14.0. The van der Waals surface area contributed by atoms with Gasteiger partial charge in [0.2, 0.25) is 11.3 Å². The van der Waals surface area contributed by atoms with Crippen molar-refractivity contribution in [1.29, 1.82) is 0 Å². The van der Waals surface area contributed by atoms with Gasteiger partial charge in [0, 0.05) is 40.2 Å². The van der Waals surface area contributed by atoms with Gasteiger partial charge in [-0.25, -0.2) is 4.98 Å². The molecule has 2 heterocycles. The molecule has 0 saturated heterocycles. The summed E-state index contributed by atoms with van der Waals surface area (Å²) < 4.78 is 7.78. The van der Waals surface area contributed by atoms with Crippen LogP contribution in [0, 0.1) is 6.92 Å². The predicted octanol–water partition coefficient (Wildman–Crippen LogP) is 3.88. The number of carbonyl (C=O) groups excluding carboxylic acids is 1. The van der Waals surface area contributed by atoms with Crippen LogP contribution in [0.25, 0.3) is 0 Å². The number of nitrogens with zero attached hydrogens (tertiary/aromatic N) is 2. The average molecular weight is 450 g/mol. The molecule has 0 unspecified atom stereocenters. The average Bonchev–Trinajstić information content (AvgIpc) is 3.12. The molecule has 1 amide bonds. The van der Waals surface area contributed by atoms with Gasteiger partial charge in [0.1, 0.15) is 10.9 Å². The number of nitrogens with one attached hydrogen (secondary N) is 1. The van der Waals surface area contributed by atoms with E-state index in [1.165, 1.54) is 24.9 Å². The molecule has 3 aromatic rings. The lowest BCUT2D eigenvalue weighted by Gasteiger charge is -2.15. The lowest BCUT2D eigenvalue weighted by molar-refractivity contribution is -0.121. The van der Waals surface area contributed by atoms with E-state index in [1.807, 2.05) is 30.5 Å². The molecule has 0 fully saturated rings. The SMILES string of the molecule is COc1cn(CC(=O)NCc2ccccc2Cl)c(CSc2nc(C)cs2)cc1=O. The van der Waals surface area contributed by atoms with Gasteiger partial charge >= 0.3 is 0 Å². The fraction of sp³-hybridized carbons (Fsp3) is 0.250. The molecule has 0 aliphatic carbocycles. The minimum absolute atomic E-state index is 0.0634. The van der Waals surface area contributed by atoms with Crippen molar-refractivity contribution in [3.63, 3.8) is 0 Å². The summed E-state index contributed by atoms with van der Waals surface area (Å²) in [5.41, 5.74) is 2.31. The molecule has 0 aliphatic heterocycles. The number of thioether (sulfide) groups is 1. The van der Waals surface area contributed by atoms with E-state index in [0.717, 1.165) is 21.3 Å². The highest BCUT2D eigenvalue weighted by Gasteiger charge is 2.12. The molecular formula is C20H20ClN3O3S2. The Bertz CT molecular complexity index is 1070. The zero-order chi connectivity index (χ0) is 20.8. The van der Waals surface area contributed by atoms with Gasteiger partial charge in [0.05, 0.1) is 13.3 Å². The van der Waals surface area contributed by atoms with Crippen molar-refractivity contribution in [2.75, 3.05) is 7.11 Å². The second kappa shape index (κ2) is 9.96. The number of carbonyl (C=O) groups is 1. The first-order valence-corrected chi connectivity index (χ1v) is 11.0. The minimum atomic E-state index is -0.217. The van der Waals surface area contributed by atoms with Gasteiger partial charge < -0.3 is 14.6 Å². The van der Waals surface area contributed by atoms with E-state index in [2.05, 4.69) is 10.3 Å². The number of thiazole rings is 1. The summed E-state index contributed by atoms with van der Waals surface area (Å²) in [6.07, 6.45) is 1.57. The van der Waals surface area contributed by atoms with Crippen LogP contribution in [-0.4, -0.2) is 22.6 Å². The van der Waals surface area contributed by atoms with Crippen molar-refractivity contribution in [2.45, 2.75) is 30.1 Å². The van der Waals surface area contributed by atoms with Gasteiger partial charge in [-0.15, -0.1) is 11.3 Å². The Morgan fingerprint density at radius 1 is 1.38 bits per heavy atom. The molecule has 0 atom stereocenters. The predicted molar refractivity (Wildman–Crippen MR) is 117 cm³/mol. The Balaban J connectivity index is 1.72. The zero-order valence-electron chi connectivity index (χ0n) is 16.0. The van der Waals surface area contributed by atoms with E-state index < -0.39 is 0 Å². The molecule has 1 aromatic carbocycles. The summed E-state index contributed by atoms with van der Waals surface area (Å²) in [6.45, 7) is 2.33. The number of aryl methyl sites for hydroxylation is 1. The molecule has 0 saturated carbocycles. The lowest BCUT2D eigenvalue weighted by Crippen LogP contribution is -2.29. The third-order valence-corrected chi connectivity index (χ3v) is 6.63. The number of hydrogen-bond acceptors (Lipinski definition) is 6. The highest BCUT2D eigenvalue weighted by atomic mass is 35.5. The normalized spacial score (nSPS) is 10.7. The Kier molecular flexibility index (Phi) is 7.35. The molecule has 2 aromatic heterocycles. The van der Waals surface area contributed by atoms with Crippen molar-refractivity contribution in [3.8, 4) is 5.75 Å². The second-order valence-electron chi connectivity index (χ2n) is 6.24. The number of ether oxygens (including phenoxy) is 1. The Morgan fingerprint density at radius 2 is 2.17 bits per heavy atom. The molecule has 152 valence electrons. The number of halogens is 1. The zero-order valence-corrected chi connectivity index (χ0v) is 18.4. The van der Waals surface area contributed by atoms with Crippen LogP contribution in [0.15, 0.2) is 51.0 Å². The Hall–Kier alpha value is -2.29. The number of hydrogen-bond donors (Lipinski definition) is 1. The second-order valence-corrected chi connectivity index (χ2v) is 8.72. The third-order valence-electron chi connectivity index (χ3n) is 4.09. The van der Waals surface area contributed by atoms with Gasteiger partial charge in [-0.05, 0) is 18.6 Å². The van der Waals surface area contributed by atoms with E-state index in [-0.39, 0.29) is 23.6 Å². The van der Waals surface area contributed by atoms with Crippen molar-refractivity contribution >= 4 is 40.6 Å². The molecule has 3 rings (SSSR count). The van der Waals surface area contributed by atoms with Crippen LogP contribution in [0.5, 0.6) is 5.75 Å². The summed E-state index contributed by atoms with van der Waals surface area (Å²) >= 11 is 9.22. The van der Waals surface area contributed by atoms with Gasteiger partial charge in [0.25, 0.3) is 0 Å². The standard InChI is InChI=1S/C20H20ClN3O3S2/c1-13-11-28-20(23-13)29-12-15-7-17(25)18(27-2)9-24(15)10-19(26)22-8-14-5-3-4-6-16(14)21/h3-7,9,11H,8,10,12H2,1-2H3,(H,22,26). The number of methoxy groups -OCH3 is 1. The first kappa shape index (κ1) is 21.4. The molecule has 6 nitrogen and oxygen atoms in total. The number of aromatic nitrogens is 2. The van der Waals surface area contributed by atoms with Gasteiger partial charge in [-0.1, -0.05) is 41.6 Å². The smallest absolute Gasteiger partial charge is 0.240 e. The van der Waals surface area contributed by atoms with Gasteiger partial charge in [-0.2, -0.15) is 0 Å². The largest absolute Gasteiger partial charge is 0.491 e. The van der Waals surface area contributed by atoms with E-state index in [1.54, 1.807) is 28.2 Å². The number of pyridine rings is 1. The van der Waals surface area contributed by atoms with Crippen LogP contribution in [0.4, 0.5) is 0 Å². The topological polar surface area (TPSA) is 73.2 Å². The summed E-state index contributed by atoms with van der Waals surface area (Å²) in [5.74, 6) is 0.527. The van der Waals surface area contributed by atoms with E-state index in [9.17, 15) is 9.59 Å². The van der Waals surface area contributed by atoms with Crippen LogP contribution in [-0.2, 0) is 23.6 Å². The highest BCUT2D eigenvalue weighted by Crippen LogP contribution is 2.26. The summed E-state index contributed by atoms with van der Waals surface area (Å²) in [5, 5.41) is 5.45. The van der Waals surface area contributed by atoms with Gasteiger partial charge in [-0.3, -0.25) is 9.59 Å². The molecule has 0 spiro atoms. The molecule has 9 heteroatoms.